The first-order valence-corrected chi connectivity index (χ1v) is 12.4. The number of carbonyl (C=O) groups is 1. The number of anilines is 1. The molecule has 1 aliphatic heterocycles. The van der Waals surface area contributed by atoms with Crippen LogP contribution in [0.25, 0.3) is 11.1 Å². The van der Waals surface area contributed by atoms with Crippen molar-refractivity contribution in [2.45, 2.75) is 30.0 Å². The van der Waals surface area contributed by atoms with Crippen molar-refractivity contribution in [3.05, 3.63) is 77.1 Å². The molecule has 0 aromatic heterocycles. The second-order valence-electron chi connectivity index (χ2n) is 8.07. The number of hydrogen-bond acceptors (Lipinski definition) is 4. The summed E-state index contributed by atoms with van der Waals surface area (Å²) >= 11 is 5.94. The van der Waals surface area contributed by atoms with Crippen molar-refractivity contribution in [2.75, 3.05) is 10.8 Å². The molecule has 0 unspecified atom stereocenters. The second kappa shape index (κ2) is 9.62. The number of hydrogen-bond donors (Lipinski definition) is 1. The predicted molar refractivity (Wildman–Crippen MR) is 124 cm³/mol. The summed E-state index contributed by atoms with van der Waals surface area (Å²) in [6.45, 7) is -0.341. The standard InChI is InChI=1S/C24H18ClF4NO5S/c25-17-8-15(9-18(26)12-17)14-4-6-22-21(10-14)30(13-19(35-22)5-7-23(31)32)36(33,34)20-3-1-2-16(11-20)24(27,28)29/h1-4,6,8-12,19H,5,7,13H2,(H,31,32)/t19-/m0/s1. The van der Waals surface area contributed by atoms with Gasteiger partial charge in [0, 0.05) is 11.4 Å². The molecule has 0 spiro atoms. The highest BCUT2D eigenvalue weighted by atomic mass is 35.5. The third-order valence-electron chi connectivity index (χ3n) is 5.52. The van der Waals surface area contributed by atoms with Crippen molar-refractivity contribution in [1.29, 1.82) is 0 Å². The minimum Gasteiger partial charge on any atom is -0.486 e. The van der Waals surface area contributed by atoms with Gasteiger partial charge in [-0.1, -0.05) is 23.7 Å². The van der Waals surface area contributed by atoms with Gasteiger partial charge < -0.3 is 9.84 Å². The zero-order chi connectivity index (χ0) is 26.3. The SMILES string of the molecule is O=C(O)CC[C@H]1CN(S(=O)(=O)c2cccc(C(F)(F)F)c2)c2cc(-c3cc(F)cc(Cl)c3)ccc2O1. The van der Waals surface area contributed by atoms with Crippen molar-refractivity contribution in [3.8, 4) is 16.9 Å². The van der Waals surface area contributed by atoms with Crippen LogP contribution < -0.4 is 9.04 Å². The molecule has 0 fully saturated rings. The van der Waals surface area contributed by atoms with E-state index in [9.17, 15) is 30.8 Å². The maximum absolute atomic E-state index is 13.9. The third-order valence-corrected chi connectivity index (χ3v) is 7.51. The van der Waals surface area contributed by atoms with Gasteiger partial charge in [0.15, 0.2) is 0 Å². The van der Waals surface area contributed by atoms with Gasteiger partial charge in [-0.2, -0.15) is 13.2 Å². The van der Waals surface area contributed by atoms with E-state index < -0.39 is 44.5 Å². The van der Waals surface area contributed by atoms with Gasteiger partial charge in [-0.3, -0.25) is 9.10 Å². The summed E-state index contributed by atoms with van der Waals surface area (Å²) in [6, 6.07) is 11.5. The quantitative estimate of drug-likeness (QED) is 0.386. The Morgan fingerprint density at radius 2 is 1.83 bits per heavy atom. The zero-order valence-electron chi connectivity index (χ0n) is 18.3. The first kappa shape index (κ1) is 25.8. The van der Waals surface area contributed by atoms with E-state index in [0.29, 0.717) is 17.2 Å². The Hall–Kier alpha value is -3.31. The van der Waals surface area contributed by atoms with Gasteiger partial charge in [-0.15, -0.1) is 0 Å². The number of rotatable bonds is 6. The molecular formula is C24H18ClF4NO5S. The van der Waals surface area contributed by atoms with Gasteiger partial charge >= 0.3 is 12.1 Å². The van der Waals surface area contributed by atoms with Crippen molar-refractivity contribution in [1.82, 2.24) is 0 Å². The first-order valence-electron chi connectivity index (χ1n) is 10.5. The molecule has 0 aliphatic carbocycles. The largest absolute Gasteiger partial charge is 0.486 e. The predicted octanol–water partition coefficient (Wildman–Crippen LogP) is 5.99. The van der Waals surface area contributed by atoms with E-state index >= 15 is 0 Å². The smallest absolute Gasteiger partial charge is 0.416 e. The normalized spacial score (nSPS) is 15.8. The molecule has 6 nitrogen and oxygen atoms in total. The molecule has 0 radical (unpaired) electrons. The van der Waals surface area contributed by atoms with Crippen LogP contribution in [0.2, 0.25) is 5.02 Å². The number of sulfonamides is 1. The number of nitrogens with zero attached hydrogens (tertiary/aromatic N) is 1. The Morgan fingerprint density at radius 1 is 1.08 bits per heavy atom. The molecule has 1 N–H and O–H groups in total. The topological polar surface area (TPSA) is 83.9 Å². The lowest BCUT2D eigenvalue weighted by atomic mass is 10.0. The Morgan fingerprint density at radius 3 is 2.50 bits per heavy atom. The lowest BCUT2D eigenvalue weighted by Gasteiger charge is -2.36. The average Bonchev–Trinajstić information content (AvgIpc) is 2.80. The van der Waals surface area contributed by atoms with Crippen molar-refractivity contribution in [3.63, 3.8) is 0 Å². The number of aliphatic carboxylic acids is 1. The van der Waals surface area contributed by atoms with Gasteiger partial charge in [-0.25, -0.2) is 12.8 Å². The minimum absolute atomic E-state index is 0.0110. The van der Waals surface area contributed by atoms with Crippen molar-refractivity contribution in [2.24, 2.45) is 0 Å². The van der Waals surface area contributed by atoms with Gasteiger partial charge in [0.1, 0.15) is 17.7 Å². The molecule has 0 saturated heterocycles. The van der Waals surface area contributed by atoms with E-state index in [1.54, 1.807) is 6.07 Å². The van der Waals surface area contributed by atoms with Crippen LogP contribution in [0.15, 0.2) is 65.6 Å². The van der Waals surface area contributed by atoms with Crippen LogP contribution in [0.4, 0.5) is 23.2 Å². The van der Waals surface area contributed by atoms with Crippen LogP contribution in [-0.4, -0.2) is 32.1 Å². The number of alkyl halides is 3. The Bertz CT molecular complexity index is 1410. The van der Waals surface area contributed by atoms with Gasteiger partial charge in [0.2, 0.25) is 0 Å². The highest BCUT2D eigenvalue weighted by Gasteiger charge is 2.37. The zero-order valence-corrected chi connectivity index (χ0v) is 19.9. The van der Waals surface area contributed by atoms with Crippen LogP contribution in [0.3, 0.4) is 0 Å². The third kappa shape index (κ3) is 5.41. The lowest BCUT2D eigenvalue weighted by Crippen LogP contribution is -2.43. The number of carboxylic acid groups (broad SMARTS) is 1. The molecule has 36 heavy (non-hydrogen) atoms. The van der Waals surface area contributed by atoms with Crippen LogP contribution in [0, 0.1) is 5.82 Å². The highest BCUT2D eigenvalue weighted by Crippen LogP contribution is 2.41. The molecule has 190 valence electrons. The Balaban J connectivity index is 1.82. The molecule has 3 aromatic rings. The molecule has 0 amide bonds. The monoisotopic (exact) mass is 543 g/mol. The van der Waals surface area contributed by atoms with Crippen LogP contribution in [0.1, 0.15) is 18.4 Å². The van der Waals surface area contributed by atoms with E-state index in [1.165, 1.54) is 24.3 Å². The Kier molecular flexibility index (Phi) is 6.89. The van der Waals surface area contributed by atoms with Gasteiger partial charge in [-0.05, 0) is 66.1 Å². The fourth-order valence-corrected chi connectivity index (χ4v) is 5.60. The summed E-state index contributed by atoms with van der Waals surface area (Å²) in [5.41, 5.74) is -0.404. The summed E-state index contributed by atoms with van der Waals surface area (Å²) in [6.07, 6.45) is -5.98. The van der Waals surface area contributed by atoms with E-state index in [0.717, 1.165) is 28.6 Å². The molecule has 1 heterocycles. The molecule has 4 rings (SSSR count). The number of benzene rings is 3. The van der Waals surface area contributed by atoms with E-state index in [4.69, 9.17) is 21.4 Å². The van der Waals surface area contributed by atoms with Crippen molar-refractivity contribution >= 4 is 33.3 Å². The van der Waals surface area contributed by atoms with Gasteiger partial charge in [0.05, 0.1) is 22.7 Å². The van der Waals surface area contributed by atoms with Gasteiger partial charge in [0.25, 0.3) is 10.0 Å². The summed E-state index contributed by atoms with van der Waals surface area (Å²) in [5.74, 6) is -1.65. The Labute approximate surface area is 208 Å². The number of carboxylic acids is 1. The summed E-state index contributed by atoms with van der Waals surface area (Å²) < 4.78 is 87.5. The molecule has 0 saturated carbocycles. The van der Waals surface area contributed by atoms with E-state index in [2.05, 4.69) is 0 Å². The molecular weight excluding hydrogens is 526 g/mol. The summed E-state index contributed by atoms with van der Waals surface area (Å²) in [5, 5.41) is 9.13. The molecule has 3 aromatic carbocycles. The molecule has 1 aliphatic rings. The average molecular weight is 544 g/mol. The highest BCUT2D eigenvalue weighted by molar-refractivity contribution is 7.92. The lowest BCUT2D eigenvalue weighted by molar-refractivity contribution is -0.138. The van der Waals surface area contributed by atoms with E-state index in [1.807, 2.05) is 0 Å². The van der Waals surface area contributed by atoms with Crippen molar-refractivity contribution < 1.29 is 40.6 Å². The summed E-state index contributed by atoms with van der Waals surface area (Å²) in [4.78, 5) is 10.4. The number of halogens is 5. The number of ether oxygens (including phenoxy) is 1. The van der Waals surface area contributed by atoms with Crippen LogP contribution in [0.5, 0.6) is 5.75 Å². The molecule has 0 bridgehead atoms. The fourth-order valence-electron chi connectivity index (χ4n) is 3.83. The second-order valence-corrected chi connectivity index (χ2v) is 10.4. The first-order chi connectivity index (χ1) is 16.8. The maximum atomic E-state index is 13.9. The molecule has 12 heteroatoms. The summed E-state index contributed by atoms with van der Waals surface area (Å²) in [7, 11) is -4.54. The van der Waals surface area contributed by atoms with Crippen LogP contribution >= 0.6 is 11.6 Å². The maximum Gasteiger partial charge on any atom is 0.416 e. The molecule has 1 atom stereocenters. The minimum atomic E-state index is -4.76. The van der Waals surface area contributed by atoms with E-state index in [-0.39, 0.29) is 35.8 Å². The van der Waals surface area contributed by atoms with Crippen LogP contribution in [-0.2, 0) is 21.0 Å². The number of fused-ring (bicyclic) bond motifs is 1. The fraction of sp³-hybridized carbons (Fsp3) is 0.208.